The number of nitrogens with one attached hydrogen (secondary N) is 1. The molecule has 130 valence electrons. The summed E-state index contributed by atoms with van der Waals surface area (Å²) in [5.41, 5.74) is 0.602. The van der Waals surface area contributed by atoms with Crippen molar-refractivity contribution in [3.8, 4) is 5.75 Å². The number of halogens is 5. The zero-order chi connectivity index (χ0) is 16.9. The monoisotopic (exact) mass is 338 g/mol. The van der Waals surface area contributed by atoms with Gasteiger partial charge in [-0.05, 0) is 32.0 Å². The van der Waals surface area contributed by atoms with Gasteiger partial charge in [0.15, 0.2) is 0 Å². The van der Waals surface area contributed by atoms with Crippen molar-refractivity contribution in [3.05, 3.63) is 29.8 Å². The topological polar surface area (TPSA) is 24.5 Å². The number of ether oxygens (including phenoxy) is 1. The molecule has 1 saturated heterocycles. The Hall–Kier alpha value is -1.41. The summed E-state index contributed by atoms with van der Waals surface area (Å²) in [5.74, 6) is 0.115. The van der Waals surface area contributed by atoms with Gasteiger partial charge in [-0.25, -0.2) is 0 Å². The molecule has 23 heavy (non-hydrogen) atoms. The fourth-order valence-electron chi connectivity index (χ4n) is 2.66. The second-order valence-corrected chi connectivity index (χ2v) is 5.53. The van der Waals surface area contributed by atoms with E-state index in [4.69, 9.17) is 0 Å². The molecule has 0 atom stereocenters. The van der Waals surface area contributed by atoms with Crippen LogP contribution in [0.1, 0.15) is 18.4 Å². The summed E-state index contributed by atoms with van der Waals surface area (Å²) in [6.07, 6.45) is -2.99. The summed E-state index contributed by atoms with van der Waals surface area (Å²) in [4.78, 5) is 1.38. The Labute approximate surface area is 131 Å². The summed E-state index contributed by atoms with van der Waals surface area (Å²) < 4.78 is 66.1. The second kappa shape index (κ2) is 7.92. The molecule has 3 nitrogen and oxygen atoms in total. The molecule has 1 aromatic rings. The molecule has 0 aromatic heterocycles. The first kappa shape index (κ1) is 17.9. The first-order valence-corrected chi connectivity index (χ1v) is 7.39. The molecule has 1 N–H and O–H groups in total. The fourth-order valence-corrected chi connectivity index (χ4v) is 2.66. The number of hydrogen-bond donors (Lipinski definition) is 1. The minimum Gasteiger partial charge on any atom is -0.434 e. The normalized spacial score (nSPS) is 17.7. The molecule has 0 radical (unpaired) electrons. The van der Waals surface area contributed by atoms with Crippen LogP contribution in [0.5, 0.6) is 5.75 Å². The Balaban J connectivity index is 1.80. The Bertz CT molecular complexity index is 487. The average Bonchev–Trinajstić information content (AvgIpc) is 2.46. The lowest BCUT2D eigenvalue weighted by Gasteiger charge is -2.32. The Morgan fingerprint density at radius 1 is 1.17 bits per heavy atom. The molecular weight excluding hydrogens is 319 g/mol. The molecule has 2 rings (SSSR count). The summed E-state index contributed by atoms with van der Waals surface area (Å²) in [7, 11) is 0. The molecule has 0 amide bonds. The van der Waals surface area contributed by atoms with Crippen LogP contribution < -0.4 is 10.1 Å². The van der Waals surface area contributed by atoms with E-state index in [2.05, 4.69) is 10.1 Å². The summed E-state index contributed by atoms with van der Waals surface area (Å²) in [6, 6.07) is 6.55. The van der Waals surface area contributed by atoms with Crippen molar-refractivity contribution in [2.45, 2.75) is 38.2 Å². The van der Waals surface area contributed by atoms with E-state index in [0.29, 0.717) is 38.0 Å². The van der Waals surface area contributed by atoms with E-state index in [0.717, 1.165) is 0 Å². The predicted molar refractivity (Wildman–Crippen MR) is 75.4 cm³/mol. The molecule has 1 heterocycles. The summed E-state index contributed by atoms with van der Waals surface area (Å²) >= 11 is 0. The van der Waals surface area contributed by atoms with Crippen LogP contribution in [0.25, 0.3) is 0 Å². The van der Waals surface area contributed by atoms with Gasteiger partial charge in [0, 0.05) is 18.2 Å². The number of nitrogens with zero attached hydrogens (tertiary/aromatic N) is 1. The summed E-state index contributed by atoms with van der Waals surface area (Å²) in [6.45, 7) is -2.70. The maximum absolute atomic E-state index is 12.3. The molecule has 1 aliphatic heterocycles. The van der Waals surface area contributed by atoms with E-state index in [-0.39, 0.29) is 11.8 Å². The van der Waals surface area contributed by atoms with Crippen LogP contribution >= 0.6 is 0 Å². The number of benzene rings is 1. The highest BCUT2D eigenvalue weighted by Crippen LogP contribution is 2.22. The lowest BCUT2D eigenvalue weighted by atomic mass is 10.0. The van der Waals surface area contributed by atoms with Crippen molar-refractivity contribution in [3.63, 3.8) is 0 Å². The molecule has 0 saturated carbocycles. The molecule has 1 aromatic carbocycles. The molecule has 0 unspecified atom stereocenters. The zero-order valence-corrected chi connectivity index (χ0v) is 12.5. The number of alkyl halides is 5. The van der Waals surface area contributed by atoms with Gasteiger partial charge in [-0.2, -0.15) is 22.0 Å². The van der Waals surface area contributed by atoms with Gasteiger partial charge >= 0.3 is 12.8 Å². The molecule has 0 aliphatic carbocycles. The van der Waals surface area contributed by atoms with Crippen molar-refractivity contribution in [2.75, 3.05) is 19.6 Å². The highest BCUT2D eigenvalue weighted by atomic mass is 19.4. The van der Waals surface area contributed by atoms with E-state index in [1.54, 1.807) is 18.2 Å². The average molecular weight is 338 g/mol. The third kappa shape index (κ3) is 6.31. The van der Waals surface area contributed by atoms with Crippen molar-refractivity contribution in [1.29, 1.82) is 0 Å². The molecule has 1 aliphatic rings. The molecule has 1 fully saturated rings. The molecule has 0 spiro atoms. The number of piperidine rings is 1. The van der Waals surface area contributed by atoms with Crippen molar-refractivity contribution in [1.82, 2.24) is 10.2 Å². The minimum atomic E-state index is -4.17. The van der Waals surface area contributed by atoms with Crippen molar-refractivity contribution < 1.29 is 26.7 Å². The first-order valence-electron chi connectivity index (χ1n) is 7.39. The predicted octanol–water partition coefficient (Wildman–Crippen LogP) is 3.40. The third-order valence-electron chi connectivity index (χ3n) is 3.76. The third-order valence-corrected chi connectivity index (χ3v) is 3.76. The lowest BCUT2D eigenvalue weighted by Crippen LogP contribution is -2.45. The van der Waals surface area contributed by atoms with Gasteiger partial charge < -0.3 is 10.1 Å². The zero-order valence-electron chi connectivity index (χ0n) is 12.5. The Morgan fingerprint density at radius 2 is 1.83 bits per heavy atom. The number of rotatable bonds is 6. The van der Waals surface area contributed by atoms with Crippen LogP contribution in [0.4, 0.5) is 22.0 Å². The SMILES string of the molecule is FC(F)Oc1ccccc1CNC1CCN(CC(F)(F)F)CC1. The fraction of sp³-hybridized carbons (Fsp3) is 0.600. The Morgan fingerprint density at radius 3 is 2.43 bits per heavy atom. The van der Waals surface area contributed by atoms with Gasteiger partial charge in [-0.1, -0.05) is 18.2 Å². The van der Waals surface area contributed by atoms with Gasteiger partial charge in [-0.15, -0.1) is 0 Å². The maximum Gasteiger partial charge on any atom is 0.401 e. The van der Waals surface area contributed by atoms with Crippen molar-refractivity contribution >= 4 is 0 Å². The first-order chi connectivity index (χ1) is 10.8. The lowest BCUT2D eigenvalue weighted by molar-refractivity contribution is -0.148. The van der Waals surface area contributed by atoms with E-state index in [1.165, 1.54) is 11.0 Å². The van der Waals surface area contributed by atoms with Crippen LogP contribution in [0.15, 0.2) is 24.3 Å². The molecular formula is C15H19F5N2O. The maximum atomic E-state index is 12.3. The van der Waals surface area contributed by atoms with Gasteiger partial charge in [0.05, 0.1) is 6.54 Å². The number of para-hydroxylation sites is 1. The number of likely N-dealkylation sites (tertiary alicyclic amines) is 1. The van der Waals surface area contributed by atoms with Gasteiger partial charge in [0.1, 0.15) is 5.75 Å². The number of hydrogen-bond acceptors (Lipinski definition) is 3. The van der Waals surface area contributed by atoms with Gasteiger partial charge in [0.2, 0.25) is 0 Å². The standard InChI is InChI=1S/C15H19F5N2O/c16-14(17)23-13-4-2-1-3-11(13)9-21-12-5-7-22(8-6-12)10-15(18,19)20/h1-4,12,14,21H,5-10H2. The highest BCUT2D eigenvalue weighted by molar-refractivity contribution is 5.33. The highest BCUT2D eigenvalue weighted by Gasteiger charge is 2.32. The van der Waals surface area contributed by atoms with E-state index in [9.17, 15) is 22.0 Å². The summed E-state index contributed by atoms with van der Waals surface area (Å²) in [5, 5.41) is 3.20. The van der Waals surface area contributed by atoms with Gasteiger partial charge in [0.25, 0.3) is 0 Å². The van der Waals surface area contributed by atoms with Crippen LogP contribution in [-0.2, 0) is 6.54 Å². The van der Waals surface area contributed by atoms with Crippen LogP contribution in [-0.4, -0.2) is 43.4 Å². The largest absolute Gasteiger partial charge is 0.434 e. The van der Waals surface area contributed by atoms with Gasteiger partial charge in [-0.3, -0.25) is 4.90 Å². The smallest absolute Gasteiger partial charge is 0.401 e. The van der Waals surface area contributed by atoms with Crippen LogP contribution in [0.3, 0.4) is 0 Å². The van der Waals surface area contributed by atoms with E-state index in [1.807, 2.05) is 0 Å². The van der Waals surface area contributed by atoms with Crippen molar-refractivity contribution in [2.24, 2.45) is 0 Å². The molecule has 8 heteroatoms. The van der Waals surface area contributed by atoms with Crippen LogP contribution in [0, 0.1) is 0 Å². The van der Waals surface area contributed by atoms with Crippen LogP contribution in [0.2, 0.25) is 0 Å². The second-order valence-electron chi connectivity index (χ2n) is 5.53. The molecule has 0 bridgehead atoms. The minimum absolute atomic E-state index is 0.0686. The Kier molecular flexibility index (Phi) is 6.17. The quantitative estimate of drug-likeness (QED) is 0.805. The van der Waals surface area contributed by atoms with E-state index >= 15 is 0 Å². The van der Waals surface area contributed by atoms with E-state index < -0.39 is 19.3 Å².